The highest BCUT2D eigenvalue weighted by Gasteiger charge is 2.42. The molecule has 2 aromatic carbocycles. The predicted octanol–water partition coefficient (Wildman–Crippen LogP) is 6.62. The van der Waals surface area contributed by atoms with Crippen LogP contribution in [0.2, 0.25) is 0 Å². The van der Waals surface area contributed by atoms with Gasteiger partial charge in [-0.2, -0.15) is 0 Å². The highest BCUT2D eigenvalue weighted by molar-refractivity contribution is 7.99. The third-order valence-corrected chi connectivity index (χ3v) is 6.79. The lowest BCUT2D eigenvalue weighted by Gasteiger charge is -2.26. The minimum Gasteiger partial charge on any atom is -0.452 e. The zero-order valence-electron chi connectivity index (χ0n) is 17.9. The first-order chi connectivity index (χ1) is 15.6. The Labute approximate surface area is 197 Å². The van der Waals surface area contributed by atoms with Crippen molar-refractivity contribution in [3.8, 4) is 0 Å². The fourth-order valence-electron chi connectivity index (χ4n) is 3.90. The number of anilines is 1. The van der Waals surface area contributed by atoms with Gasteiger partial charge in [-0.3, -0.25) is 4.98 Å². The Balaban J connectivity index is 1.52. The number of furan rings is 1. The number of pyridine rings is 1. The molecule has 4 nitrogen and oxygen atoms in total. The monoisotopic (exact) mass is 457 g/mol. The highest BCUT2D eigenvalue weighted by Crippen LogP contribution is 2.43. The van der Waals surface area contributed by atoms with Gasteiger partial charge in [-0.25, -0.2) is 0 Å². The third-order valence-electron chi connectivity index (χ3n) is 5.54. The van der Waals surface area contributed by atoms with Crippen LogP contribution in [0.15, 0.2) is 99.5 Å². The van der Waals surface area contributed by atoms with Gasteiger partial charge in [-0.05, 0) is 74.6 Å². The molecule has 1 fully saturated rings. The van der Waals surface area contributed by atoms with E-state index in [2.05, 4.69) is 77.6 Å². The van der Waals surface area contributed by atoms with E-state index in [9.17, 15) is 0 Å². The third kappa shape index (κ3) is 4.16. The molecule has 1 aliphatic heterocycles. The number of rotatable bonds is 5. The van der Waals surface area contributed by atoms with E-state index in [0.717, 1.165) is 27.1 Å². The lowest BCUT2D eigenvalue weighted by molar-refractivity contribution is 0.383. The molecule has 3 heterocycles. The number of hydrogen-bond donors (Lipinski definition) is 1. The summed E-state index contributed by atoms with van der Waals surface area (Å²) in [6, 6.07) is 26.6. The zero-order valence-corrected chi connectivity index (χ0v) is 19.5. The molecule has 160 valence electrons. The van der Waals surface area contributed by atoms with Crippen molar-refractivity contribution >= 4 is 34.8 Å². The molecule has 1 saturated heterocycles. The Kier molecular flexibility index (Phi) is 5.72. The maximum atomic E-state index is 6.37. The number of hydrogen-bond acceptors (Lipinski definition) is 4. The summed E-state index contributed by atoms with van der Waals surface area (Å²) in [6.45, 7) is 4.17. The normalized spacial score (nSPS) is 18.1. The van der Waals surface area contributed by atoms with Crippen molar-refractivity contribution in [1.29, 1.82) is 0 Å². The van der Waals surface area contributed by atoms with Crippen molar-refractivity contribution in [2.24, 2.45) is 0 Å². The molecule has 0 spiro atoms. The Hall–Kier alpha value is -3.09. The first-order valence-corrected chi connectivity index (χ1v) is 11.7. The summed E-state index contributed by atoms with van der Waals surface area (Å²) < 4.78 is 6.37. The van der Waals surface area contributed by atoms with Crippen LogP contribution in [-0.2, 0) is 0 Å². The lowest BCUT2D eigenvalue weighted by atomic mass is 10.0. The summed E-state index contributed by atoms with van der Waals surface area (Å²) >= 11 is 7.39. The number of aryl methyl sites for hydroxylation is 2. The van der Waals surface area contributed by atoms with Gasteiger partial charge in [0.2, 0.25) is 0 Å². The summed E-state index contributed by atoms with van der Waals surface area (Å²) in [4.78, 5) is 7.88. The van der Waals surface area contributed by atoms with Crippen LogP contribution in [0.4, 0.5) is 5.69 Å². The molecule has 0 amide bonds. The Morgan fingerprint density at radius 2 is 1.62 bits per heavy atom. The molecule has 1 N–H and O–H groups in total. The van der Waals surface area contributed by atoms with Crippen LogP contribution in [0, 0.1) is 13.8 Å². The van der Waals surface area contributed by atoms with Crippen LogP contribution in [0.3, 0.4) is 0 Å². The molecule has 2 atom stereocenters. The topological polar surface area (TPSA) is 41.3 Å². The summed E-state index contributed by atoms with van der Waals surface area (Å²) in [6.07, 6.45) is 1.81. The Bertz CT molecular complexity index is 1220. The van der Waals surface area contributed by atoms with Gasteiger partial charge in [0.05, 0.1) is 11.7 Å². The van der Waals surface area contributed by atoms with E-state index in [-0.39, 0.29) is 12.1 Å². The second-order valence-corrected chi connectivity index (χ2v) is 9.37. The molecular weight excluding hydrogens is 434 g/mol. The fraction of sp³-hybridized carbons (Fsp3) is 0.154. The van der Waals surface area contributed by atoms with Gasteiger partial charge in [0.15, 0.2) is 10.2 Å². The molecule has 0 bridgehead atoms. The van der Waals surface area contributed by atoms with Crippen LogP contribution >= 0.6 is 24.0 Å². The van der Waals surface area contributed by atoms with Gasteiger partial charge in [0, 0.05) is 16.8 Å². The number of benzene rings is 2. The minimum absolute atomic E-state index is 0.117. The highest BCUT2D eigenvalue weighted by atomic mass is 32.2. The van der Waals surface area contributed by atoms with Crippen molar-refractivity contribution in [3.63, 3.8) is 0 Å². The van der Waals surface area contributed by atoms with E-state index in [4.69, 9.17) is 16.6 Å². The van der Waals surface area contributed by atoms with Gasteiger partial charge in [0.1, 0.15) is 11.8 Å². The molecule has 0 saturated carbocycles. The molecule has 0 radical (unpaired) electrons. The second kappa shape index (κ2) is 8.81. The average molecular weight is 458 g/mol. The van der Waals surface area contributed by atoms with E-state index >= 15 is 0 Å². The summed E-state index contributed by atoms with van der Waals surface area (Å²) in [7, 11) is 0. The van der Waals surface area contributed by atoms with Crippen molar-refractivity contribution in [2.45, 2.75) is 35.9 Å². The number of nitrogens with one attached hydrogen (secondary N) is 1. The maximum Gasteiger partial charge on any atom is 0.174 e. The Morgan fingerprint density at radius 3 is 2.31 bits per heavy atom. The van der Waals surface area contributed by atoms with Crippen molar-refractivity contribution in [2.75, 3.05) is 4.90 Å². The van der Waals surface area contributed by atoms with Crippen LogP contribution in [-0.4, -0.2) is 10.1 Å². The molecule has 0 unspecified atom stereocenters. The molecular formula is C26H23N3OS2. The maximum absolute atomic E-state index is 6.37. The number of thiocarbonyl (C=S) groups is 1. The predicted molar refractivity (Wildman–Crippen MR) is 133 cm³/mol. The molecule has 6 heteroatoms. The average Bonchev–Trinajstić information content (AvgIpc) is 3.40. The first-order valence-electron chi connectivity index (χ1n) is 10.5. The summed E-state index contributed by atoms with van der Waals surface area (Å²) in [5.74, 6) is 0.850. The van der Waals surface area contributed by atoms with Crippen LogP contribution < -0.4 is 10.2 Å². The number of aromatic nitrogens is 1. The minimum atomic E-state index is -0.146. The molecule has 0 aliphatic carbocycles. The van der Waals surface area contributed by atoms with E-state index in [1.807, 2.05) is 36.5 Å². The largest absolute Gasteiger partial charge is 0.452 e. The fourth-order valence-corrected chi connectivity index (χ4v) is 5.02. The zero-order chi connectivity index (χ0) is 22.1. The summed E-state index contributed by atoms with van der Waals surface area (Å²) in [5.41, 5.74) is 4.41. The van der Waals surface area contributed by atoms with Gasteiger partial charge >= 0.3 is 0 Å². The quantitative estimate of drug-likeness (QED) is 0.340. The van der Waals surface area contributed by atoms with Crippen LogP contribution in [0.5, 0.6) is 0 Å². The van der Waals surface area contributed by atoms with Gasteiger partial charge in [0.25, 0.3) is 0 Å². The van der Waals surface area contributed by atoms with Crippen LogP contribution in [0.25, 0.3) is 0 Å². The van der Waals surface area contributed by atoms with E-state index in [1.165, 1.54) is 11.1 Å². The Morgan fingerprint density at radius 1 is 0.906 bits per heavy atom. The van der Waals surface area contributed by atoms with Gasteiger partial charge in [-0.15, -0.1) is 0 Å². The number of nitrogens with zero attached hydrogens (tertiary/aromatic N) is 2. The molecule has 2 aromatic heterocycles. The van der Waals surface area contributed by atoms with Gasteiger partial charge < -0.3 is 14.6 Å². The van der Waals surface area contributed by atoms with Crippen LogP contribution in [0.1, 0.15) is 34.7 Å². The van der Waals surface area contributed by atoms with Crippen molar-refractivity contribution in [3.05, 3.63) is 108 Å². The molecule has 5 rings (SSSR count). The summed E-state index contributed by atoms with van der Waals surface area (Å²) in [5, 5.41) is 4.99. The molecule has 32 heavy (non-hydrogen) atoms. The van der Waals surface area contributed by atoms with Crippen molar-refractivity contribution < 1.29 is 4.42 Å². The van der Waals surface area contributed by atoms with Gasteiger partial charge in [-0.1, -0.05) is 53.2 Å². The van der Waals surface area contributed by atoms with E-state index in [1.54, 1.807) is 11.8 Å². The molecule has 4 aromatic rings. The smallest absolute Gasteiger partial charge is 0.174 e. The van der Waals surface area contributed by atoms with Crippen molar-refractivity contribution in [1.82, 2.24) is 10.3 Å². The first kappa shape index (κ1) is 20.8. The standard InChI is InChI=1S/C26H23N3OS2/c1-17-6-10-19(11-7-17)29-25(24(28-26(29)31)21-5-3-4-16-27-21)22-14-15-23(30-22)32-20-12-8-18(2)9-13-20/h3-16,24-25H,1-2H3,(H,28,31)/t24-,25-/m0/s1. The van der Waals surface area contributed by atoms with E-state index < -0.39 is 0 Å². The lowest BCUT2D eigenvalue weighted by Crippen LogP contribution is -2.29. The second-order valence-electron chi connectivity index (χ2n) is 7.90. The molecule has 1 aliphatic rings. The van der Waals surface area contributed by atoms with E-state index in [0.29, 0.717) is 5.11 Å². The SMILES string of the molecule is Cc1ccc(Sc2ccc([C@H]3[C@H](c4ccccn4)NC(=S)N3c3ccc(C)cc3)o2)cc1.